The van der Waals surface area contributed by atoms with Gasteiger partial charge in [0, 0.05) is 6.20 Å². The summed E-state index contributed by atoms with van der Waals surface area (Å²) in [7, 11) is 0. The topological polar surface area (TPSA) is 38.7 Å². The van der Waals surface area contributed by atoms with E-state index in [1.165, 1.54) is 6.33 Å². The van der Waals surface area contributed by atoms with Gasteiger partial charge in [-0.05, 0) is 24.3 Å². The fraction of sp³-hybridized carbons (Fsp3) is 0. The highest BCUT2D eigenvalue weighted by Crippen LogP contribution is 2.27. The van der Waals surface area contributed by atoms with Crippen molar-refractivity contribution in [2.24, 2.45) is 0 Å². The smallest absolute Gasteiger partial charge is 0.143 e. The fourth-order valence-corrected chi connectivity index (χ4v) is 2.27. The minimum Gasteiger partial charge on any atom is -0.245 e. The molecule has 0 aliphatic carbocycles. The Bertz CT molecular complexity index is 556. The molecule has 0 spiro atoms. The molecule has 15 heavy (non-hydrogen) atoms. The second-order valence-electron chi connectivity index (χ2n) is 3.01. The second-order valence-corrected chi connectivity index (χ2v) is 4.04. The summed E-state index contributed by atoms with van der Waals surface area (Å²) in [4.78, 5) is 12.5. The van der Waals surface area contributed by atoms with E-state index in [9.17, 15) is 0 Å². The van der Waals surface area contributed by atoms with Gasteiger partial charge >= 0.3 is 0 Å². The number of rotatable bonds is 1. The molecule has 0 saturated carbocycles. The van der Waals surface area contributed by atoms with Crippen LogP contribution < -0.4 is 0 Å². The SMILES string of the molecule is [c]1ccc2sc(-c3ccncn3)nc2c1. The van der Waals surface area contributed by atoms with Crippen LogP contribution in [-0.2, 0) is 0 Å². The summed E-state index contributed by atoms with van der Waals surface area (Å²) in [5, 5.41) is 0.923. The molecule has 0 atom stereocenters. The lowest BCUT2D eigenvalue weighted by atomic mass is 10.3. The summed E-state index contributed by atoms with van der Waals surface area (Å²) < 4.78 is 1.15. The Labute approximate surface area is 90.5 Å². The van der Waals surface area contributed by atoms with Gasteiger partial charge in [0.25, 0.3) is 0 Å². The number of benzene rings is 1. The van der Waals surface area contributed by atoms with Crippen LogP contribution in [0.25, 0.3) is 20.9 Å². The van der Waals surface area contributed by atoms with E-state index in [0.717, 1.165) is 20.9 Å². The maximum absolute atomic E-state index is 4.48. The molecule has 2 heterocycles. The predicted molar refractivity (Wildman–Crippen MR) is 59.5 cm³/mol. The van der Waals surface area contributed by atoms with Gasteiger partial charge in [-0.2, -0.15) is 0 Å². The molecule has 0 aliphatic heterocycles. The van der Waals surface area contributed by atoms with Crippen LogP contribution in [0.1, 0.15) is 0 Å². The molecule has 71 valence electrons. The number of thiazole rings is 1. The first kappa shape index (κ1) is 8.49. The average molecular weight is 212 g/mol. The van der Waals surface area contributed by atoms with Crippen LogP contribution in [0.15, 0.2) is 36.8 Å². The lowest BCUT2D eigenvalue weighted by Gasteiger charge is -1.90. The van der Waals surface area contributed by atoms with Crippen LogP contribution in [0.4, 0.5) is 0 Å². The van der Waals surface area contributed by atoms with Crippen molar-refractivity contribution in [3.05, 3.63) is 42.9 Å². The zero-order valence-electron chi connectivity index (χ0n) is 7.71. The van der Waals surface area contributed by atoms with Gasteiger partial charge in [0.1, 0.15) is 17.0 Å². The number of hydrogen-bond acceptors (Lipinski definition) is 4. The summed E-state index contributed by atoms with van der Waals surface area (Å²) in [5.41, 5.74) is 1.84. The lowest BCUT2D eigenvalue weighted by Crippen LogP contribution is -1.81. The largest absolute Gasteiger partial charge is 0.245 e. The van der Waals surface area contributed by atoms with Gasteiger partial charge in [0.15, 0.2) is 0 Å². The molecule has 3 aromatic rings. The van der Waals surface area contributed by atoms with Crippen molar-refractivity contribution in [1.29, 1.82) is 0 Å². The van der Waals surface area contributed by atoms with Crippen molar-refractivity contribution in [3.63, 3.8) is 0 Å². The summed E-state index contributed by atoms with van der Waals surface area (Å²) >= 11 is 1.63. The highest BCUT2D eigenvalue weighted by molar-refractivity contribution is 7.21. The van der Waals surface area contributed by atoms with Crippen molar-refractivity contribution in [2.75, 3.05) is 0 Å². The predicted octanol–water partition coefficient (Wildman–Crippen LogP) is 2.55. The molecule has 0 aliphatic rings. The van der Waals surface area contributed by atoms with Crippen LogP contribution in [0.3, 0.4) is 0 Å². The van der Waals surface area contributed by atoms with Gasteiger partial charge in [-0.1, -0.05) is 6.07 Å². The molecule has 0 bridgehead atoms. The average Bonchev–Trinajstić information content (AvgIpc) is 2.74. The van der Waals surface area contributed by atoms with Gasteiger partial charge in [0.2, 0.25) is 0 Å². The van der Waals surface area contributed by atoms with E-state index < -0.39 is 0 Å². The number of aromatic nitrogens is 3. The van der Waals surface area contributed by atoms with E-state index >= 15 is 0 Å². The molecule has 0 saturated heterocycles. The van der Waals surface area contributed by atoms with E-state index in [4.69, 9.17) is 0 Å². The van der Waals surface area contributed by atoms with Crippen molar-refractivity contribution in [3.8, 4) is 10.7 Å². The minimum atomic E-state index is 0.867. The molecule has 0 fully saturated rings. The zero-order chi connectivity index (χ0) is 10.1. The first-order valence-corrected chi connectivity index (χ1v) is 5.28. The van der Waals surface area contributed by atoms with Gasteiger partial charge < -0.3 is 0 Å². The molecule has 0 N–H and O–H groups in total. The van der Waals surface area contributed by atoms with Crippen LogP contribution >= 0.6 is 11.3 Å². The Balaban J connectivity index is 2.21. The Morgan fingerprint density at radius 3 is 3.07 bits per heavy atom. The van der Waals surface area contributed by atoms with Crippen molar-refractivity contribution < 1.29 is 0 Å². The molecule has 3 rings (SSSR count). The third-order valence-corrected chi connectivity index (χ3v) is 3.09. The van der Waals surface area contributed by atoms with Gasteiger partial charge in [0.05, 0.1) is 10.2 Å². The number of nitrogens with zero attached hydrogens (tertiary/aromatic N) is 3. The highest BCUT2D eigenvalue weighted by Gasteiger charge is 2.05. The monoisotopic (exact) mass is 212 g/mol. The molecular formula is C11H6N3S. The molecule has 4 heteroatoms. The quantitative estimate of drug-likeness (QED) is 0.622. The van der Waals surface area contributed by atoms with Crippen molar-refractivity contribution in [1.82, 2.24) is 15.0 Å². The molecule has 2 aromatic heterocycles. The van der Waals surface area contributed by atoms with E-state index in [2.05, 4.69) is 21.0 Å². The summed E-state index contributed by atoms with van der Waals surface area (Å²) in [6, 6.07) is 10.7. The Morgan fingerprint density at radius 2 is 2.27 bits per heavy atom. The molecule has 1 radical (unpaired) electrons. The summed E-state index contributed by atoms with van der Waals surface area (Å²) in [5.74, 6) is 0. The minimum absolute atomic E-state index is 0.867. The first-order chi connectivity index (χ1) is 7.43. The molecular weight excluding hydrogens is 206 g/mol. The Kier molecular flexibility index (Phi) is 1.93. The maximum atomic E-state index is 4.48. The van der Waals surface area contributed by atoms with Crippen LogP contribution in [-0.4, -0.2) is 15.0 Å². The third kappa shape index (κ3) is 1.49. The standard InChI is InChI=1S/C11H6N3S/c1-2-4-10-8(3-1)14-11(15-10)9-5-6-12-7-13-9/h2-7H. The lowest BCUT2D eigenvalue weighted by molar-refractivity contribution is 1.17. The van der Waals surface area contributed by atoms with Crippen LogP contribution in [0.5, 0.6) is 0 Å². The molecule has 0 amide bonds. The Hall–Kier alpha value is -1.81. The highest BCUT2D eigenvalue weighted by atomic mass is 32.1. The number of hydrogen-bond donors (Lipinski definition) is 0. The van der Waals surface area contributed by atoms with Crippen LogP contribution in [0.2, 0.25) is 0 Å². The van der Waals surface area contributed by atoms with E-state index in [0.29, 0.717) is 0 Å². The van der Waals surface area contributed by atoms with Crippen molar-refractivity contribution >= 4 is 21.6 Å². The van der Waals surface area contributed by atoms with E-state index in [-0.39, 0.29) is 0 Å². The van der Waals surface area contributed by atoms with Gasteiger partial charge in [-0.3, -0.25) is 0 Å². The molecule has 1 aromatic carbocycles. The maximum Gasteiger partial charge on any atom is 0.143 e. The summed E-state index contributed by atoms with van der Waals surface area (Å²) in [6.07, 6.45) is 3.26. The normalized spacial score (nSPS) is 10.7. The Morgan fingerprint density at radius 1 is 1.27 bits per heavy atom. The van der Waals surface area contributed by atoms with Crippen molar-refractivity contribution in [2.45, 2.75) is 0 Å². The number of fused-ring (bicyclic) bond motifs is 1. The second kappa shape index (κ2) is 3.40. The summed E-state index contributed by atoms with van der Waals surface area (Å²) in [6.45, 7) is 0. The van der Waals surface area contributed by atoms with E-state index in [1.807, 2.05) is 24.3 Å². The van der Waals surface area contributed by atoms with E-state index in [1.54, 1.807) is 17.5 Å². The molecule has 0 unspecified atom stereocenters. The zero-order valence-corrected chi connectivity index (χ0v) is 8.53. The van der Waals surface area contributed by atoms with Gasteiger partial charge in [-0.25, -0.2) is 15.0 Å². The van der Waals surface area contributed by atoms with Gasteiger partial charge in [-0.15, -0.1) is 11.3 Å². The third-order valence-electron chi connectivity index (χ3n) is 2.03. The molecule has 3 nitrogen and oxygen atoms in total. The fourth-order valence-electron chi connectivity index (χ4n) is 1.34. The van der Waals surface area contributed by atoms with Crippen LogP contribution in [0, 0.1) is 6.07 Å². The first-order valence-electron chi connectivity index (χ1n) is 4.46.